The lowest BCUT2D eigenvalue weighted by molar-refractivity contribution is 0.430. The first-order valence-electron chi connectivity index (χ1n) is 5.95. The molecule has 0 aliphatic rings. The van der Waals surface area contributed by atoms with Crippen molar-refractivity contribution < 1.29 is 4.42 Å². The van der Waals surface area contributed by atoms with Crippen LogP contribution in [0.5, 0.6) is 0 Å². The fourth-order valence-corrected chi connectivity index (χ4v) is 1.95. The predicted molar refractivity (Wildman–Crippen MR) is 68.8 cm³/mol. The number of furan rings is 1. The maximum absolute atomic E-state index is 8.98. The van der Waals surface area contributed by atoms with Gasteiger partial charge < -0.3 is 14.3 Å². The topological polar surface area (TPSA) is 53.9 Å². The summed E-state index contributed by atoms with van der Waals surface area (Å²) in [7, 11) is 1.91. The van der Waals surface area contributed by atoms with Crippen molar-refractivity contribution >= 4 is 0 Å². The molecule has 0 saturated carbocycles. The van der Waals surface area contributed by atoms with E-state index in [4.69, 9.17) is 9.68 Å². The van der Waals surface area contributed by atoms with Crippen molar-refractivity contribution in [2.45, 2.75) is 26.4 Å². The van der Waals surface area contributed by atoms with E-state index in [1.54, 1.807) is 6.26 Å². The van der Waals surface area contributed by atoms with E-state index in [0.717, 1.165) is 23.6 Å². The summed E-state index contributed by atoms with van der Waals surface area (Å²) in [6, 6.07) is 8.11. The van der Waals surface area contributed by atoms with Gasteiger partial charge in [-0.25, -0.2) is 0 Å². The highest BCUT2D eigenvalue weighted by Crippen LogP contribution is 2.16. The van der Waals surface area contributed by atoms with Gasteiger partial charge in [0.2, 0.25) is 0 Å². The second-order valence-corrected chi connectivity index (χ2v) is 4.43. The maximum Gasteiger partial charge on any atom is 0.120 e. The second-order valence-electron chi connectivity index (χ2n) is 4.43. The summed E-state index contributed by atoms with van der Waals surface area (Å²) in [6.45, 7) is 4.81. The number of rotatable bonds is 4. The predicted octanol–water partition coefficient (Wildman–Crippen LogP) is 2.65. The second kappa shape index (κ2) is 5.11. The highest BCUT2D eigenvalue weighted by atomic mass is 16.3. The van der Waals surface area contributed by atoms with Crippen LogP contribution in [0.4, 0.5) is 0 Å². The van der Waals surface area contributed by atoms with Gasteiger partial charge in [-0.05, 0) is 37.6 Å². The Kier molecular flexibility index (Phi) is 3.54. The summed E-state index contributed by atoms with van der Waals surface area (Å²) in [4.78, 5) is 0. The molecule has 2 rings (SSSR count). The van der Waals surface area contributed by atoms with Crippen LogP contribution in [-0.4, -0.2) is 4.57 Å². The number of nitrogens with one attached hydrogen (secondary N) is 1. The van der Waals surface area contributed by atoms with Crippen LogP contribution in [0, 0.1) is 18.3 Å². The highest BCUT2D eigenvalue weighted by molar-refractivity contribution is 5.34. The zero-order valence-electron chi connectivity index (χ0n) is 10.9. The van der Waals surface area contributed by atoms with E-state index in [1.807, 2.05) is 36.7 Å². The molecule has 0 radical (unpaired) electrons. The maximum atomic E-state index is 8.98. The molecular weight excluding hydrogens is 226 g/mol. The van der Waals surface area contributed by atoms with E-state index in [1.165, 1.54) is 0 Å². The smallest absolute Gasteiger partial charge is 0.120 e. The van der Waals surface area contributed by atoms with Crippen LogP contribution in [-0.2, 0) is 13.6 Å². The lowest BCUT2D eigenvalue weighted by atomic mass is 10.2. The summed E-state index contributed by atoms with van der Waals surface area (Å²) in [6.07, 6.45) is 1.68. The van der Waals surface area contributed by atoms with Crippen molar-refractivity contribution in [2.24, 2.45) is 7.05 Å². The van der Waals surface area contributed by atoms with Crippen molar-refractivity contribution in [1.82, 2.24) is 9.88 Å². The Labute approximate surface area is 107 Å². The standard InChI is InChI=1S/C14H17N3O/c1-10(14-5-4-6-18-14)16-9-12-7-13(8-15)17(3)11(12)2/h4-7,10,16H,9H2,1-3H3. The Hall–Kier alpha value is -1.99. The Balaban J connectivity index is 2.05. The van der Waals surface area contributed by atoms with Gasteiger partial charge in [-0.3, -0.25) is 0 Å². The first-order valence-corrected chi connectivity index (χ1v) is 5.95. The molecule has 0 bridgehead atoms. The van der Waals surface area contributed by atoms with Crippen LogP contribution in [0.1, 0.15) is 35.7 Å². The summed E-state index contributed by atoms with van der Waals surface area (Å²) in [5.41, 5.74) is 2.95. The number of aromatic nitrogens is 1. The Morgan fingerprint density at radius 2 is 2.33 bits per heavy atom. The summed E-state index contributed by atoms with van der Waals surface area (Å²) >= 11 is 0. The molecule has 0 amide bonds. The Bertz CT molecular complexity index is 561. The van der Waals surface area contributed by atoms with Crippen LogP contribution in [0.25, 0.3) is 0 Å². The molecule has 1 atom stereocenters. The Morgan fingerprint density at radius 3 is 2.89 bits per heavy atom. The number of nitrogens with zero attached hydrogens (tertiary/aromatic N) is 2. The number of hydrogen-bond donors (Lipinski definition) is 1. The van der Waals surface area contributed by atoms with Gasteiger partial charge in [0, 0.05) is 19.3 Å². The molecule has 1 N–H and O–H groups in total. The molecule has 94 valence electrons. The first-order chi connectivity index (χ1) is 8.63. The van der Waals surface area contributed by atoms with Gasteiger partial charge in [-0.1, -0.05) is 0 Å². The monoisotopic (exact) mass is 243 g/mol. The van der Waals surface area contributed by atoms with Crippen molar-refractivity contribution in [2.75, 3.05) is 0 Å². The fraction of sp³-hybridized carbons (Fsp3) is 0.357. The first kappa shape index (κ1) is 12.5. The minimum absolute atomic E-state index is 0.158. The minimum atomic E-state index is 0.158. The van der Waals surface area contributed by atoms with Crippen LogP contribution in [0.15, 0.2) is 28.9 Å². The lowest BCUT2D eigenvalue weighted by Gasteiger charge is -2.11. The van der Waals surface area contributed by atoms with Gasteiger partial charge in [-0.2, -0.15) is 5.26 Å². The van der Waals surface area contributed by atoms with Gasteiger partial charge in [0.15, 0.2) is 0 Å². The molecule has 0 spiro atoms. The zero-order chi connectivity index (χ0) is 13.1. The van der Waals surface area contributed by atoms with Gasteiger partial charge in [-0.15, -0.1) is 0 Å². The van der Waals surface area contributed by atoms with Gasteiger partial charge in [0.25, 0.3) is 0 Å². The van der Waals surface area contributed by atoms with E-state index >= 15 is 0 Å². The van der Waals surface area contributed by atoms with Crippen molar-refractivity contribution in [3.63, 3.8) is 0 Å². The summed E-state index contributed by atoms with van der Waals surface area (Å²) in [5.74, 6) is 0.920. The third-order valence-corrected chi connectivity index (χ3v) is 3.32. The molecule has 4 nitrogen and oxygen atoms in total. The van der Waals surface area contributed by atoms with E-state index in [0.29, 0.717) is 5.69 Å². The molecule has 0 fully saturated rings. The molecule has 0 saturated heterocycles. The Morgan fingerprint density at radius 1 is 1.56 bits per heavy atom. The quantitative estimate of drug-likeness (QED) is 0.898. The molecular formula is C14H17N3O. The molecule has 0 aliphatic carbocycles. The van der Waals surface area contributed by atoms with Crippen LogP contribution < -0.4 is 5.32 Å². The molecule has 1 unspecified atom stereocenters. The van der Waals surface area contributed by atoms with Crippen LogP contribution >= 0.6 is 0 Å². The van der Waals surface area contributed by atoms with Gasteiger partial charge in [0.05, 0.1) is 12.3 Å². The van der Waals surface area contributed by atoms with E-state index in [2.05, 4.69) is 18.3 Å². The molecule has 2 aromatic heterocycles. The average molecular weight is 243 g/mol. The van der Waals surface area contributed by atoms with Crippen molar-refractivity contribution in [3.8, 4) is 6.07 Å². The van der Waals surface area contributed by atoms with Crippen LogP contribution in [0.3, 0.4) is 0 Å². The molecule has 2 heterocycles. The average Bonchev–Trinajstić information content (AvgIpc) is 2.98. The van der Waals surface area contributed by atoms with E-state index in [9.17, 15) is 0 Å². The van der Waals surface area contributed by atoms with Gasteiger partial charge >= 0.3 is 0 Å². The third kappa shape index (κ3) is 2.31. The third-order valence-electron chi connectivity index (χ3n) is 3.32. The highest BCUT2D eigenvalue weighted by Gasteiger charge is 2.11. The van der Waals surface area contributed by atoms with Crippen molar-refractivity contribution in [3.05, 3.63) is 47.2 Å². The molecule has 18 heavy (non-hydrogen) atoms. The van der Waals surface area contributed by atoms with E-state index < -0.39 is 0 Å². The van der Waals surface area contributed by atoms with Crippen molar-refractivity contribution in [1.29, 1.82) is 5.26 Å². The fourth-order valence-electron chi connectivity index (χ4n) is 1.95. The number of nitriles is 1. The minimum Gasteiger partial charge on any atom is -0.468 e. The number of hydrogen-bond acceptors (Lipinski definition) is 3. The summed E-state index contributed by atoms with van der Waals surface area (Å²) < 4.78 is 7.26. The zero-order valence-corrected chi connectivity index (χ0v) is 10.9. The SMILES string of the molecule is Cc1c(CNC(C)c2ccco2)cc(C#N)n1C. The van der Waals surface area contributed by atoms with Crippen LogP contribution in [0.2, 0.25) is 0 Å². The largest absolute Gasteiger partial charge is 0.468 e. The van der Waals surface area contributed by atoms with E-state index in [-0.39, 0.29) is 6.04 Å². The summed E-state index contributed by atoms with van der Waals surface area (Å²) in [5, 5.41) is 12.4. The molecule has 2 aromatic rings. The molecule has 0 aliphatic heterocycles. The van der Waals surface area contributed by atoms with Gasteiger partial charge in [0.1, 0.15) is 17.5 Å². The molecule has 4 heteroatoms. The lowest BCUT2D eigenvalue weighted by Crippen LogP contribution is -2.17. The normalized spacial score (nSPS) is 12.3. The molecule has 0 aromatic carbocycles.